The van der Waals surface area contributed by atoms with Gasteiger partial charge in [0, 0.05) is 31.2 Å². The van der Waals surface area contributed by atoms with E-state index in [2.05, 4.69) is 18.3 Å². The van der Waals surface area contributed by atoms with E-state index in [9.17, 15) is 13.2 Å². The molecule has 1 aromatic heterocycles. The minimum atomic E-state index is -4.07. The Labute approximate surface area is 122 Å². The van der Waals surface area contributed by atoms with Gasteiger partial charge in [0.2, 0.25) is 0 Å². The van der Waals surface area contributed by atoms with Crippen LogP contribution in [0.3, 0.4) is 0 Å². The monoisotopic (exact) mass is 298 g/mol. The van der Waals surface area contributed by atoms with E-state index in [1.165, 1.54) is 5.56 Å². The molecular formula is C16H21F3N2. The molecule has 0 aliphatic carbocycles. The standard InChI is InChI=1S/C16H21F3N2/c1-2-8-20-12-13-4-5-15-14(11-13)6-10-21(15)9-3-7-16(17,18)19/h4-6,10-11,20H,2-3,7-9,12H2,1H3. The third-order valence-corrected chi connectivity index (χ3v) is 3.45. The molecule has 5 heteroatoms. The SMILES string of the molecule is CCCNCc1ccc2c(ccn2CCCC(F)(F)F)c1. The highest BCUT2D eigenvalue weighted by atomic mass is 19.4. The maximum absolute atomic E-state index is 12.2. The number of hydrogen-bond acceptors (Lipinski definition) is 1. The summed E-state index contributed by atoms with van der Waals surface area (Å²) in [5.74, 6) is 0. The Morgan fingerprint density at radius 3 is 2.71 bits per heavy atom. The summed E-state index contributed by atoms with van der Waals surface area (Å²) in [4.78, 5) is 0. The normalized spacial score (nSPS) is 12.2. The van der Waals surface area contributed by atoms with Crippen molar-refractivity contribution in [2.45, 2.75) is 45.5 Å². The van der Waals surface area contributed by atoms with Crippen LogP contribution in [0.25, 0.3) is 10.9 Å². The molecule has 0 aliphatic rings. The Kier molecular flexibility index (Phi) is 5.28. The van der Waals surface area contributed by atoms with E-state index in [1.807, 2.05) is 29.0 Å². The molecule has 21 heavy (non-hydrogen) atoms. The minimum absolute atomic E-state index is 0.118. The summed E-state index contributed by atoms with van der Waals surface area (Å²) >= 11 is 0. The molecule has 0 aliphatic heterocycles. The molecule has 0 spiro atoms. The molecule has 0 saturated carbocycles. The second kappa shape index (κ2) is 6.98. The average Bonchev–Trinajstić information content (AvgIpc) is 2.80. The van der Waals surface area contributed by atoms with Crippen LogP contribution >= 0.6 is 0 Å². The molecule has 0 fully saturated rings. The fraction of sp³-hybridized carbons (Fsp3) is 0.500. The van der Waals surface area contributed by atoms with Crippen molar-refractivity contribution in [3.05, 3.63) is 36.0 Å². The highest BCUT2D eigenvalue weighted by Gasteiger charge is 2.26. The maximum Gasteiger partial charge on any atom is 0.389 e. The summed E-state index contributed by atoms with van der Waals surface area (Å²) < 4.78 is 38.4. The molecule has 1 N–H and O–H groups in total. The van der Waals surface area contributed by atoms with E-state index >= 15 is 0 Å². The lowest BCUT2D eigenvalue weighted by Crippen LogP contribution is -2.13. The first kappa shape index (κ1) is 15.9. The van der Waals surface area contributed by atoms with Crippen molar-refractivity contribution in [1.29, 1.82) is 0 Å². The largest absolute Gasteiger partial charge is 0.389 e. The molecule has 1 aromatic carbocycles. The number of benzene rings is 1. The fourth-order valence-electron chi connectivity index (χ4n) is 2.41. The molecule has 0 amide bonds. The van der Waals surface area contributed by atoms with Crippen LogP contribution in [0.15, 0.2) is 30.5 Å². The summed E-state index contributed by atoms with van der Waals surface area (Å²) in [6.45, 7) is 4.33. The summed E-state index contributed by atoms with van der Waals surface area (Å²) in [7, 11) is 0. The lowest BCUT2D eigenvalue weighted by atomic mass is 10.1. The van der Waals surface area contributed by atoms with Gasteiger partial charge < -0.3 is 9.88 Å². The summed E-state index contributed by atoms with van der Waals surface area (Å²) in [6.07, 6.45) is -1.72. The number of rotatable bonds is 7. The second-order valence-electron chi connectivity index (χ2n) is 5.30. The van der Waals surface area contributed by atoms with Crippen LogP contribution in [0.1, 0.15) is 31.7 Å². The first-order valence-corrected chi connectivity index (χ1v) is 7.35. The van der Waals surface area contributed by atoms with E-state index in [0.29, 0.717) is 6.54 Å². The molecule has 0 atom stereocenters. The summed E-state index contributed by atoms with van der Waals surface area (Å²) in [5.41, 5.74) is 2.19. The van der Waals surface area contributed by atoms with E-state index in [0.717, 1.165) is 30.4 Å². The minimum Gasteiger partial charge on any atom is -0.347 e. The van der Waals surface area contributed by atoms with Gasteiger partial charge in [-0.1, -0.05) is 13.0 Å². The Morgan fingerprint density at radius 2 is 2.00 bits per heavy atom. The quantitative estimate of drug-likeness (QED) is 0.746. The van der Waals surface area contributed by atoms with Crippen molar-refractivity contribution in [2.24, 2.45) is 0 Å². The third-order valence-electron chi connectivity index (χ3n) is 3.45. The molecule has 2 rings (SSSR count). The van der Waals surface area contributed by atoms with Crippen molar-refractivity contribution in [3.63, 3.8) is 0 Å². The van der Waals surface area contributed by atoms with E-state index in [1.54, 1.807) is 0 Å². The van der Waals surface area contributed by atoms with Gasteiger partial charge in [0.1, 0.15) is 0 Å². The number of hydrogen-bond donors (Lipinski definition) is 1. The molecule has 2 nitrogen and oxygen atoms in total. The number of nitrogens with one attached hydrogen (secondary N) is 1. The smallest absolute Gasteiger partial charge is 0.347 e. The van der Waals surface area contributed by atoms with Gasteiger partial charge in [-0.2, -0.15) is 13.2 Å². The molecule has 1 heterocycles. The van der Waals surface area contributed by atoms with Gasteiger partial charge in [-0.05, 0) is 48.5 Å². The first-order chi connectivity index (χ1) is 9.99. The van der Waals surface area contributed by atoms with Gasteiger partial charge in [-0.15, -0.1) is 0 Å². The first-order valence-electron chi connectivity index (χ1n) is 7.35. The van der Waals surface area contributed by atoms with Gasteiger partial charge in [-0.3, -0.25) is 0 Å². The highest BCUT2D eigenvalue weighted by molar-refractivity contribution is 5.80. The molecule has 0 radical (unpaired) electrons. The van der Waals surface area contributed by atoms with Crippen molar-refractivity contribution in [1.82, 2.24) is 9.88 Å². The van der Waals surface area contributed by atoms with E-state index in [4.69, 9.17) is 0 Å². The lowest BCUT2D eigenvalue weighted by molar-refractivity contribution is -0.135. The number of aryl methyl sites for hydroxylation is 1. The topological polar surface area (TPSA) is 17.0 Å². The second-order valence-corrected chi connectivity index (χ2v) is 5.30. The molecule has 0 bridgehead atoms. The van der Waals surface area contributed by atoms with Crippen molar-refractivity contribution in [2.75, 3.05) is 6.54 Å². The van der Waals surface area contributed by atoms with Gasteiger partial charge in [-0.25, -0.2) is 0 Å². The zero-order valence-corrected chi connectivity index (χ0v) is 12.2. The third kappa shape index (κ3) is 4.77. The number of aromatic nitrogens is 1. The van der Waals surface area contributed by atoms with Gasteiger partial charge >= 0.3 is 6.18 Å². The molecule has 0 unspecified atom stereocenters. The zero-order valence-electron chi connectivity index (χ0n) is 12.2. The fourth-order valence-corrected chi connectivity index (χ4v) is 2.41. The molecule has 116 valence electrons. The van der Waals surface area contributed by atoms with Crippen LogP contribution in [0.4, 0.5) is 13.2 Å². The average molecular weight is 298 g/mol. The van der Waals surface area contributed by atoms with Crippen LogP contribution in [-0.4, -0.2) is 17.3 Å². The Balaban J connectivity index is 2.00. The highest BCUT2D eigenvalue weighted by Crippen LogP contribution is 2.23. The van der Waals surface area contributed by atoms with Crippen LogP contribution in [0, 0.1) is 0 Å². The van der Waals surface area contributed by atoms with Crippen LogP contribution in [0.5, 0.6) is 0 Å². The number of halogens is 3. The number of nitrogens with zero attached hydrogens (tertiary/aromatic N) is 1. The Bertz CT molecular complexity index is 572. The lowest BCUT2D eigenvalue weighted by Gasteiger charge is -2.09. The maximum atomic E-state index is 12.2. The van der Waals surface area contributed by atoms with E-state index < -0.39 is 12.6 Å². The molecule has 0 saturated heterocycles. The van der Waals surface area contributed by atoms with Gasteiger partial charge in [0.15, 0.2) is 0 Å². The number of alkyl halides is 3. The molecule has 2 aromatic rings. The summed E-state index contributed by atoms with van der Waals surface area (Å²) in [5, 5.41) is 4.42. The van der Waals surface area contributed by atoms with Gasteiger partial charge in [0.25, 0.3) is 0 Å². The van der Waals surface area contributed by atoms with Gasteiger partial charge in [0.05, 0.1) is 0 Å². The van der Waals surface area contributed by atoms with Crippen LogP contribution in [-0.2, 0) is 13.1 Å². The van der Waals surface area contributed by atoms with Crippen molar-refractivity contribution in [3.8, 4) is 0 Å². The Hall–Kier alpha value is -1.49. The van der Waals surface area contributed by atoms with E-state index in [-0.39, 0.29) is 6.42 Å². The molecular weight excluding hydrogens is 277 g/mol. The number of fused-ring (bicyclic) bond motifs is 1. The Morgan fingerprint density at radius 1 is 1.19 bits per heavy atom. The predicted molar refractivity (Wildman–Crippen MR) is 79.2 cm³/mol. The zero-order chi connectivity index (χ0) is 15.3. The van der Waals surface area contributed by atoms with Crippen LogP contribution in [0.2, 0.25) is 0 Å². The van der Waals surface area contributed by atoms with Crippen molar-refractivity contribution < 1.29 is 13.2 Å². The summed E-state index contributed by atoms with van der Waals surface area (Å²) in [6, 6.07) is 8.08. The predicted octanol–water partition coefficient (Wildman–Crippen LogP) is 4.48. The van der Waals surface area contributed by atoms with Crippen LogP contribution < -0.4 is 5.32 Å². The van der Waals surface area contributed by atoms with Crippen molar-refractivity contribution >= 4 is 10.9 Å².